The van der Waals surface area contributed by atoms with Gasteiger partial charge >= 0.3 is 0 Å². The van der Waals surface area contributed by atoms with Gasteiger partial charge in [0.1, 0.15) is 24.4 Å². The molecule has 0 bridgehead atoms. The Morgan fingerprint density at radius 3 is 2.18 bits per heavy atom. The first-order valence-electron chi connectivity index (χ1n) is 17.1. The number of hydrogen-bond donors (Lipinski definition) is 6. The van der Waals surface area contributed by atoms with Gasteiger partial charge in [-0.25, -0.2) is 0 Å². The molecule has 0 spiro atoms. The topological polar surface area (TPSA) is 140 Å². The molecule has 5 rings (SSSR count). The number of aliphatic hydroxyl groups is 6. The second-order valence-corrected chi connectivity index (χ2v) is 16.8. The van der Waals surface area contributed by atoms with Gasteiger partial charge in [0.2, 0.25) is 0 Å². The number of allylic oxidation sites excluding steroid dienone is 4. The zero-order valence-electron chi connectivity index (χ0n) is 28.2. The highest BCUT2D eigenvalue weighted by molar-refractivity contribution is 5.24. The fraction of sp³-hybridized carbons (Fsp3) is 0.889. The molecule has 0 aromatic carbocycles. The number of ether oxygens (including phenoxy) is 2. The summed E-state index contributed by atoms with van der Waals surface area (Å²) in [5.41, 5.74) is 1.49. The van der Waals surface area contributed by atoms with Crippen LogP contribution in [-0.2, 0) is 9.47 Å². The van der Waals surface area contributed by atoms with E-state index in [1.807, 2.05) is 0 Å². The molecule has 5 fully saturated rings. The smallest absolute Gasteiger partial charge is 0.186 e. The van der Waals surface area contributed by atoms with Crippen LogP contribution in [0.25, 0.3) is 0 Å². The number of fused-ring (bicyclic) bond motifs is 5. The van der Waals surface area contributed by atoms with E-state index in [1.165, 1.54) is 11.1 Å². The van der Waals surface area contributed by atoms with Gasteiger partial charge in [-0.05, 0) is 111 Å². The highest BCUT2D eigenvalue weighted by atomic mass is 16.7. The normalized spacial score (nSPS) is 52.1. The molecule has 5 aliphatic rings. The standard InChI is InChI=1S/C36H60O8/c1-19(2)10-9-11-20(3)21-12-15-35(7)27(21)22(38)16-25-34(6)14-13-26(39)33(4,5)31(34)23(17-36(25,35)8)43-32-30(42)29(41)28(40)24(18-37)44-32/h10-11,21-32,37-42H,9,12-18H2,1-8H3/t21-,22-,23+,24-,25-,26+,27+,28-,29+,30-,31+,32?,34-,35-,36-/m1/s1. The summed E-state index contributed by atoms with van der Waals surface area (Å²) < 4.78 is 12.6. The van der Waals surface area contributed by atoms with Crippen molar-refractivity contribution in [2.24, 2.45) is 45.3 Å². The maximum Gasteiger partial charge on any atom is 0.186 e. The lowest BCUT2D eigenvalue weighted by atomic mass is 9.34. The molecule has 4 aliphatic carbocycles. The van der Waals surface area contributed by atoms with E-state index < -0.39 is 61.0 Å². The summed E-state index contributed by atoms with van der Waals surface area (Å²) >= 11 is 0. The quantitative estimate of drug-likeness (QED) is 0.193. The Hall–Kier alpha value is -0.840. The van der Waals surface area contributed by atoms with Crippen LogP contribution in [-0.4, -0.2) is 86.3 Å². The third-order valence-corrected chi connectivity index (χ3v) is 13.9. The molecule has 8 nitrogen and oxygen atoms in total. The van der Waals surface area contributed by atoms with Crippen LogP contribution in [0.4, 0.5) is 0 Å². The summed E-state index contributed by atoms with van der Waals surface area (Å²) in [5, 5.41) is 65.2. The molecule has 1 heterocycles. The first kappa shape index (κ1) is 34.5. The Morgan fingerprint density at radius 1 is 0.864 bits per heavy atom. The molecule has 44 heavy (non-hydrogen) atoms. The van der Waals surface area contributed by atoms with E-state index in [4.69, 9.17) is 9.47 Å². The zero-order chi connectivity index (χ0) is 32.6. The molecule has 1 unspecified atom stereocenters. The minimum Gasteiger partial charge on any atom is -0.394 e. The fourth-order valence-electron chi connectivity index (χ4n) is 11.5. The summed E-state index contributed by atoms with van der Waals surface area (Å²) in [6.07, 6.45) is 2.23. The molecule has 252 valence electrons. The summed E-state index contributed by atoms with van der Waals surface area (Å²) in [7, 11) is 0. The Labute approximate surface area is 264 Å². The summed E-state index contributed by atoms with van der Waals surface area (Å²) in [6, 6.07) is 0. The number of rotatable bonds is 6. The third-order valence-electron chi connectivity index (χ3n) is 13.9. The van der Waals surface area contributed by atoms with Crippen LogP contribution < -0.4 is 0 Å². The average Bonchev–Trinajstić information content (AvgIpc) is 3.32. The number of hydrogen-bond acceptors (Lipinski definition) is 8. The molecule has 0 amide bonds. The lowest BCUT2D eigenvalue weighted by molar-refractivity contribution is -0.346. The lowest BCUT2D eigenvalue weighted by Crippen LogP contribution is -2.70. The minimum atomic E-state index is -1.52. The van der Waals surface area contributed by atoms with Gasteiger partial charge in [-0.1, -0.05) is 57.9 Å². The van der Waals surface area contributed by atoms with Gasteiger partial charge in [0.25, 0.3) is 0 Å². The van der Waals surface area contributed by atoms with Crippen LogP contribution in [0.5, 0.6) is 0 Å². The number of aliphatic hydroxyl groups excluding tert-OH is 6. The molecule has 6 N–H and O–H groups in total. The molecule has 15 atom stereocenters. The fourth-order valence-corrected chi connectivity index (χ4v) is 11.5. The molecular formula is C36H60O8. The maximum atomic E-state index is 12.0. The van der Waals surface area contributed by atoms with E-state index in [0.717, 1.165) is 25.7 Å². The second-order valence-electron chi connectivity index (χ2n) is 16.8. The van der Waals surface area contributed by atoms with Crippen molar-refractivity contribution in [3.63, 3.8) is 0 Å². The molecule has 1 aliphatic heterocycles. The first-order valence-corrected chi connectivity index (χ1v) is 17.1. The summed E-state index contributed by atoms with van der Waals surface area (Å²) in [6.45, 7) is 17.2. The van der Waals surface area contributed by atoms with E-state index in [-0.39, 0.29) is 34.0 Å². The third kappa shape index (κ3) is 5.18. The maximum absolute atomic E-state index is 12.0. The van der Waals surface area contributed by atoms with Crippen LogP contribution in [0.2, 0.25) is 0 Å². The molecule has 1 saturated heterocycles. The van der Waals surface area contributed by atoms with Crippen molar-refractivity contribution in [2.45, 2.75) is 149 Å². The van der Waals surface area contributed by atoms with Crippen LogP contribution in [0.3, 0.4) is 0 Å². The Balaban J connectivity index is 1.55. The summed E-state index contributed by atoms with van der Waals surface area (Å²) in [4.78, 5) is 0. The largest absolute Gasteiger partial charge is 0.394 e. The zero-order valence-corrected chi connectivity index (χ0v) is 28.2. The Bertz CT molecular complexity index is 1110. The highest BCUT2D eigenvalue weighted by Gasteiger charge is 2.72. The van der Waals surface area contributed by atoms with Crippen molar-refractivity contribution in [3.05, 3.63) is 23.3 Å². The van der Waals surface area contributed by atoms with Crippen molar-refractivity contribution in [1.29, 1.82) is 0 Å². The minimum absolute atomic E-state index is 0.112. The summed E-state index contributed by atoms with van der Waals surface area (Å²) in [5.74, 6) is 0.506. The monoisotopic (exact) mass is 620 g/mol. The van der Waals surface area contributed by atoms with E-state index in [0.29, 0.717) is 25.2 Å². The van der Waals surface area contributed by atoms with E-state index in [1.54, 1.807) is 0 Å². The van der Waals surface area contributed by atoms with Gasteiger partial charge < -0.3 is 40.1 Å². The molecule has 4 saturated carbocycles. The van der Waals surface area contributed by atoms with Crippen LogP contribution >= 0.6 is 0 Å². The SMILES string of the molecule is CC(C)=CCC=C(C)[C@H]1CC[C@]2(C)[C@@H]1[C@H](O)C[C@@H]1[C@@]3(C)CC[C@H](O)C(C)(C)[C@@H]3[C@@H](OC3O[C@H](CO)[C@@H](O)[C@H](O)[C@H]3O)C[C@]12C. The van der Waals surface area contributed by atoms with Crippen molar-refractivity contribution in [1.82, 2.24) is 0 Å². The predicted molar refractivity (Wildman–Crippen MR) is 168 cm³/mol. The van der Waals surface area contributed by atoms with E-state index >= 15 is 0 Å². The van der Waals surface area contributed by atoms with E-state index in [9.17, 15) is 30.6 Å². The molecule has 0 aromatic heterocycles. The molecule has 8 heteroatoms. The molecular weight excluding hydrogens is 560 g/mol. The van der Waals surface area contributed by atoms with E-state index in [2.05, 4.69) is 67.5 Å². The van der Waals surface area contributed by atoms with Crippen molar-refractivity contribution in [3.8, 4) is 0 Å². The highest BCUT2D eigenvalue weighted by Crippen LogP contribution is 2.76. The molecule has 0 aromatic rings. The predicted octanol–water partition coefficient (Wildman–Crippen LogP) is 4.10. The van der Waals surface area contributed by atoms with Gasteiger partial charge in [-0.2, -0.15) is 0 Å². The first-order chi connectivity index (χ1) is 20.4. The van der Waals surface area contributed by atoms with Crippen LogP contribution in [0.1, 0.15) is 100 Å². The second kappa shape index (κ2) is 12.0. The Morgan fingerprint density at radius 2 is 1.55 bits per heavy atom. The van der Waals surface area contributed by atoms with Gasteiger partial charge in [-0.15, -0.1) is 0 Å². The Kier molecular flexibility index (Phi) is 9.40. The van der Waals surface area contributed by atoms with Crippen LogP contribution in [0, 0.1) is 45.3 Å². The average molecular weight is 621 g/mol. The molecule has 0 radical (unpaired) electrons. The van der Waals surface area contributed by atoms with Crippen molar-refractivity contribution >= 4 is 0 Å². The van der Waals surface area contributed by atoms with Crippen molar-refractivity contribution in [2.75, 3.05) is 6.61 Å². The van der Waals surface area contributed by atoms with Crippen molar-refractivity contribution < 1.29 is 40.1 Å². The van der Waals surface area contributed by atoms with Crippen LogP contribution in [0.15, 0.2) is 23.3 Å². The van der Waals surface area contributed by atoms with Gasteiger partial charge in [0.15, 0.2) is 6.29 Å². The lowest BCUT2D eigenvalue weighted by Gasteiger charge is -2.72. The van der Waals surface area contributed by atoms with Gasteiger partial charge in [0, 0.05) is 0 Å². The van der Waals surface area contributed by atoms with Gasteiger partial charge in [0.05, 0.1) is 24.9 Å². The van der Waals surface area contributed by atoms with Gasteiger partial charge in [-0.3, -0.25) is 0 Å².